The SMILES string of the molecule is O=S(/C=C\c1ccccc1)OS(=O)Oc1ccc(Cl)cc1. The molecule has 4 nitrogen and oxygen atoms in total. The van der Waals surface area contributed by atoms with Gasteiger partial charge in [-0.05, 0) is 35.9 Å². The van der Waals surface area contributed by atoms with E-state index in [2.05, 4.69) is 0 Å². The minimum atomic E-state index is -2.16. The molecule has 2 aromatic rings. The molecule has 2 rings (SSSR count). The highest BCUT2D eigenvalue weighted by Crippen LogP contribution is 2.17. The molecule has 0 bridgehead atoms. The molecule has 0 spiro atoms. The second-order valence-corrected chi connectivity index (χ2v) is 6.13. The normalized spacial score (nSPS) is 14.0. The Morgan fingerprint density at radius 2 is 1.62 bits per heavy atom. The van der Waals surface area contributed by atoms with Gasteiger partial charge in [0.05, 0.1) is 0 Å². The highest BCUT2D eigenvalue weighted by atomic mass is 35.5. The standard InChI is InChI=1S/C14H11ClO4S2/c15-13-6-8-14(9-7-13)18-21(17)19-20(16)11-10-12-4-2-1-3-5-12/h1-11H/b11-10-. The van der Waals surface area contributed by atoms with Gasteiger partial charge in [0.1, 0.15) is 5.75 Å². The van der Waals surface area contributed by atoms with Gasteiger partial charge >= 0.3 is 11.4 Å². The summed E-state index contributed by atoms with van der Waals surface area (Å²) in [6.45, 7) is 0. The van der Waals surface area contributed by atoms with Crippen LogP contribution in [0.4, 0.5) is 0 Å². The minimum Gasteiger partial charge on any atom is -0.379 e. The number of hydrogen-bond donors (Lipinski definition) is 0. The minimum absolute atomic E-state index is 0.307. The number of halogens is 1. The Labute approximate surface area is 132 Å². The first-order chi connectivity index (χ1) is 10.1. The van der Waals surface area contributed by atoms with Crippen molar-refractivity contribution >= 4 is 40.1 Å². The first kappa shape index (κ1) is 15.9. The highest BCUT2D eigenvalue weighted by Gasteiger charge is 2.07. The van der Waals surface area contributed by atoms with E-state index in [1.807, 2.05) is 30.3 Å². The van der Waals surface area contributed by atoms with Crippen LogP contribution in [0.5, 0.6) is 5.75 Å². The Morgan fingerprint density at radius 3 is 2.29 bits per heavy atom. The van der Waals surface area contributed by atoms with Crippen LogP contribution in [0.25, 0.3) is 6.08 Å². The summed E-state index contributed by atoms with van der Waals surface area (Å²) in [4.78, 5) is 0. The van der Waals surface area contributed by atoms with Crippen LogP contribution in [0.3, 0.4) is 0 Å². The summed E-state index contributed by atoms with van der Waals surface area (Å²) in [6.07, 6.45) is 1.61. The second kappa shape index (κ2) is 8.09. The smallest absolute Gasteiger partial charge is 0.374 e. The highest BCUT2D eigenvalue weighted by molar-refractivity contribution is 7.93. The third kappa shape index (κ3) is 5.81. The zero-order valence-electron chi connectivity index (χ0n) is 10.7. The molecular formula is C14H11ClO4S2. The van der Waals surface area contributed by atoms with Gasteiger partial charge in [-0.3, -0.25) is 0 Å². The van der Waals surface area contributed by atoms with Crippen LogP contribution in [0.1, 0.15) is 5.56 Å². The molecule has 21 heavy (non-hydrogen) atoms. The molecule has 7 heteroatoms. The lowest BCUT2D eigenvalue weighted by Gasteiger charge is -2.02. The van der Waals surface area contributed by atoms with E-state index in [1.165, 1.54) is 17.5 Å². The zero-order chi connectivity index (χ0) is 15.1. The topological polar surface area (TPSA) is 52.6 Å². The van der Waals surface area contributed by atoms with Gasteiger partial charge in [0, 0.05) is 10.4 Å². The Bertz CT molecular complexity index is 656. The summed E-state index contributed by atoms with van der Waals surface area (Å²) >= 11 is 1.69. The molecule has 0 fully saturated rings. The molecule has 2 unspecified atom stereocenters. The zero-order valence-corrected chi connectivity index (χ0v) is 13.1. The summed E-state index contributed by atoms with van der Waals surface area (Å²) in [7, 11) is 0. The molecule has 0 saturated carbocycles. The van der Waals surface area contributed by atoms with Gasteiger partial charge in [-0.1, -0.05) is 41.9 Å². The van der Waals surface area contributed by atoms with Crippen molar-refractivity contribution in [3.63, 3.8) is 0 Å². The fourth-order valence-electron chi connectivity index (χ4n) is 1.36. The van der Waals surface area contributed by atoms with E-state index in [4.69, 9.17) is 19.4 Å². The third-order valence-electron chi connectivity index (χ3n) is 2.27. The van der Waals surface area contributed by atoms with Gasteiger partial charge in [0.2, 0.25) is 0 Å². The van der Waals surface area contributed by atoms with E-state index in [0.29, 0.717) is 10.8 Å². The predicted molar refractivity (Wildman–Crippen MR) is 84.9 cm³/mol. The predicted octanol–water partition coefficient (Wildman–Crippen LogP) is 3.65. The van der Waals surface area contributed by atoms with E-state index in [9.17, 15) is 8.42 Å². The molecule has 0 N–H and O–H groups in total. The van der Waals surface area contributed by atoms with E-state index in [-0.39, 0.29) is 0 Å². The fourth-order valence-corrected chi connectivity index (χ4v) is 2.75. The van der Waals surface area contributed by atoms with Crippen molar-refractivity contribution in [2.75, 3.05) is 0 Å². The van der Waals surface area contributed by atoms with Crippen molar-refractivity contribution in [1.29, 1.82) is 0 Å². The van der Waals surface area contributed by atoms with Crippen LogP contribution in [-0.4, -0.2) is 8.42 Å². The van der Waals surface area contributed by atoms with Gasteiger partial charge in [-0.15, -0.1) is 0 Å². The van der Waals surface area contributed by atoms with Gasteiger partial charge in [0.15, 0.2) is 11.1 Å². The molecule has 2 aromatic carbocycles. The Balaban J connectivity index is 1.86. The van der Waals surface area contributed by atoms with E-state index < -0.39 is 22.4 Å². The Morgan fingerprint density at radius 1 is 0.952 bits per heavy atom. The van der Waals surface area contributed by atoms with Crippen molar-refractivity contribution in [2.24, 2.45) is 0 Å². The molecule has 0 aliphatic rings. The maximum absolute atomic E-state index is 11.6. The van der Waals surface area contributed by atoms with Crippen LogP contribution < -0.4 is 4.18 Å². The van der Waals surface area contributed by atoms with Crippen molar-refractivity contribution < 1.29 is 16.2 Å². The monoisotopic (exact) mass is 342 g/mol. The van der Waals surface area contributed by atoms with Crippen molar-refractivity contribution in [3.8, 4) is 5.75 Å². The maximum atomic E-state index is 11.6. The Kier molecular flexibility index (Phi) is 6.13. The summed E-state index contributed by atoms with van der Waals surface area (Å²) < 4.78 is 32.8. The molecule has 0 amide bonds. The van der Waals surface area contributed by atoms with E-state index in [1.54, 1.807) is 18.2 Å². The first-order valence-electron chi connectivity index (χ1n) is 5.82. The molecular weight excluding hydrogens is 332 g/mol. The lowest BCUT2D eigenvalue weighted by atomic mass is 10.2. The third-order valence-corrected chi connectivity index (χ3v) is 4.19. The number of rotatable bonds is 6. The van der Waals surface area contributed by atoms with Crippen LogP contribution >= 0.6 is 11.6 Å². The van der Waals surface area contributed by atoms with E-state index in [0.717, 1.165) is 5.56 Å². The van der Waals surface area contributed by atoms with Gasteiger partial charge in [-0.2, -0.15) is 7.84 Å². The average molecular weight is 343 g/mol. The molecule has 0 aliphatic heterocycles. The van der Waals surface area contributed by atoms with Crippen molar-refractivity contribution in [1.82, 2.24) is 0 Å². The van der Waals surface area contributed by atoms with Crippen LogP contribution in [-0.2, 0) is 26.1 Å². The van der Waals surface area contributed by atoms with Gasteiger partial charge in [-0.25, -0.2) is 4.21 Å². The van der Waals surface area contributed by atoms with Crippen LogP contribution in [0.2, 0.25) is 5.02 Å². The summed E-state index contributed by atoms with van der Waals surface area (Å²) in [5.74, 6) is 0.307. The molecule has 0 heterocycles. The molecule has 0 radical (unpaired) electrons. The van der Waals surface area contributed by atoms with Gasteiger partial charge in [0.25, 0.3) is 0 Å². The summed E-state index contributed by atoms with van der Waals surface area (Å²) in [6, 6.07) is 15.5. The molecule has 110 valence electrons. The number of hydrogen-bond acceptors (Lipinski definition) is 4. The molecule has 2 atom stereocenters. The fraction of sp³-hybridized carbons (Fsp3) is 0. The lowest BCUT2D eigenvalue weighted by Crippen LogP contribution is -2.05. The first-order valence-corrected chi connectivity index (χ1v) is 8.33. The van der Waals surface area contributed by atoms with Crippen LogP contribution in [0.15, 0.2) is 60.0 Å². The van der Waals surface area contributed by atoms with Crippen molar-refractivity contribution in [3.05, 3.63) is 70.6 Å². The summed E-state index contributed by atoms with van der Waals surface area (Å²) in [5, 5.41) is 1.82. The average Bonchev–Trinajstić information content (AvgIpc) is 2.48. The second-order valence-electron chi connectivity index (χ2n) is 3.78. The lowest BCUT2D eigenvalue weighted by molar-refractivity contribution is 0.476. The van der Waals surface area contributed by atoms with Crippen LogP contribution in [0, 0.1) is 0 Å². The van der Waals surface area contributed by atoms with E-state index >= 15 is 0 Å². The van der Waals surface area contributed by atoms with Gasteiger partial charge < -0.3 is 4.18 Å². The molecule has 0 aliphatic carbocycles. The number of benzene rings is 2. The summed E-state index contributed by atoms with van der Waals surface area (Å²) in [5.41, 5.74) is 0.860. The van der Waals surface area contributed by atoms with Crippen molar-refractivity contribution in [2.45, 2.75) is 0 Å². The maximum Gasteiger partial charge on any atom is 0.374 e. The molecule has 0 aromatic heterocycles. The quantitative estimate of drug-likeness (QED) is 0.804. The molecule has 0 saturated heterocycles. The largest absolute Gasteiger partial charge is 0.379 e. The Hall–Kier alpha value is -1.47.